The van der Waals surface area contributed by atoms with Crippen molar-refractivity contribution in [3.63, 3.8) is 0 Å². The highest BCUT2D eigenvalue weighted by Crippen LogP contribution is 2.31. The smallest absolute Gasteiger partial charge is 0.133 e. The molecule has 108 valence electrons. The second-order valence-corrected chi connectivity index (χ2v) is 6.44. The minimum absolute atomic E-state index is 0.177. The van der Waals surface area contributed by atoms with Gasteiger partial charge in [-0.3, -0.25) is 11.3 Å². The van der Waals surface area contributed by atoms with E-state index in [-0.39, 0.29) is 6.04 Å². The fraction of sp³-hybridized carbons (Fsp3) is 0.600. The van der Waals surface area contributed by atoms with E-state index in [0.29, 0.717) is 5.92 Å². The van der Waals surface area contributed by atoms with E-state index >= 15 is 0 Å². The van der Waals surface area contributed by atoms with Crippen LogP contribution in [-0.2, 0) is 0 Å². The number of nitrogens with two attached hydrogens (primary N) is 1. The van der Waals surface area contributed by atoms with Crippen molar-refractivity contribution < 1.29 is 4.74 Å². The van der Waals surface area contributed by atoms with Crippen LogP contribution < -0.4 is 16.0 Å². The van der Waals surface area contributed by atoms with Crippen LogP contribution in [0.25, 0.3) is 0 Å². The summed E-state index contributed by atoms with van der Waals surface area (Å²) in [6, 6.07) is 6.29. The summed E-state index contributed by atoms with van der Waals surface area (Å²) in [5, 5.41) is 0. The molecule has 0 heterocycles. The highest BCUT2D eigenvalue weighted by atomic mass is 79.9. The third-order valence-corrected chi connectivity index (χ3v) is 3.91. The zero-order valence-electron chi connectivity index (χ0n) is 12.2. The zero-order valence-corrected chi connectivity index (χ0v) is 13.8. The van der Waals surface area contributed by atoms with E-state index in [1.807, 2.05) is 6.07 Å². The standard InChI is InChI=1S/C15H25BrN2O/c1-10(2)7-11(3)8-14(18-17)12-5-6-15(19-4)13(16)9-12/h5-6,9-11,14,18H,7-8,17H2,1-4H3. The molecule has 1 rings (SSSR count). The van der Waals surface area contributed by atoms with Gasteiger partial charge in [-0.25, -0.2) is 0 Å². The molecule has 0 aliphatic heterocycles. The van der Waals surface area contributed by atoms with Gasteiger partial charge in [0, 0.05) is 6.04 Å². The number of nitrogens with one attached hydrogen (secondary N) is 1. The topological polar surface area (TPSA) is 47.3 Å². The molecule has 3 nitrogen and oxygen atoms in total. The van der Waals surface area contributed by atoms with E-state index in [2.05, 4.69) is 54.3 Å². The van der Waals surface area contributed by atoms with Crippen LogP contribution in [0.2, 0.25) is 0 Å². The Bertz CT molecular complexity index is 396. The number of benzene rings is 1. The minimum Gasteiger partial charge on any atom is -0.496 e. The van der Waals surface area contributed by atoms with E-state index in [0.717, 1.165) is 22.6 Å². The SMILES string of the molecule is COc1ccc(C(CC(C)CC(C)C)NN)cc1Br. The summed E-state index contributed by atoms with van der Waals surface area (Å²) >= 11 is 3.52. The highest BCUT2D eigenvalue weighted by Gasteiger charge is 2.16. The molecule has 0 saturated heterocycles. The first-order valence-electron chi connectivity index (χ1n) is 6.77. The van der Waals surface area contributed by atoms with Gasteiger partial charge in [0.15, 0.2) is 0 Å². The van der Waals surface area contributed by atoms with Crippen molar-refractivity contribution in [2.75, 3.05) is 7.11 Å². The van der Waals surface area contributed by atoms with Crippen molar-refractivity contribution >= 4 is 15.9 Å². The molecule has 0 bridgehead atoms. The molecule has 19 heavy (non-hydrogen) atoms. The maximum atomic E-state index is 5.71. The Balaban J connectivity index is 2.76. The first kappa shape index (κ1) is 16.5. The van der Waals surface area contributed by atoms with Crippen LogP contribution in [0.3, 0.4) is 0 Å². The molecule has 3 N–H and O–H groups in total. The molecule has 0 amide bonds. The van der Waals surface area contributed by atoms with Crippen molar-refractivity contribution in [3.05, 3.63) is 28.2 Å². The molecule has 0 fully saturated rings. The molecular formula is C15H25BrN2O. The van der Waals surface area contributed by atoms with Crippen LogP contribution in [0.15, 0.2) is 22.7 Å². The van der Waals surface area contributed by atoms with Gasteiger partial charge in [-0.15, -0.1) is 0 Å². The van der Waals surface area contributed by atoms with Crippen molar-refractivity contribution in [2.24, 2.45) is 17.7 Å². The van der Waals surface area contributed by atoms with E-state index < -0.39 is 0 Å². The lowest BCUT2D eigenvalue weighted by molar-refractivity contribution is 0.358. The van der Waals surface area contributed by atoms with E-state index in [9.17, 15) is 0 Å². The lowest BCUT2D eigenvalue weighted by atomic mass is 9.90. The average Bonchev–Trinajstić information content (AvgIpc) is 2.35. The lowest BCUT2D eigenvalue weighted by Crippen LogP contribution is -2.29. The summed E-state index contributed by atoms with van der Waals surface area (Å²) in [6.45, 7) is 6.79. The monoisotopic (exact) mass is 328 g/mol. The maximum Gasteiger partial charge on any atom is 0.133 e. The Labute approximate surface area is 125 Å². The van der Waals surface area contributed by atoms with Crippen molar-refractivity contribution in [2.45, 2.75) is 39.7 Å². The first-order chi connectivity index (χ1) is 8.97. The Morgan fingerprint density at radius 3 is 2.42 bits per heavy atom. The number of hydrogen-bond acceptors (Lipinski definition) is 3. The Kier molecular flexibility index (Phi) is 6.83. The largest absolute Gasteiger partial charge is 0.496 e. The summed E-state index contributed by atoms with van der Waals surface area (Å²) in [7, 11) is 1.67. The molecule has 0 aliphatic carbocycles. The van der Waals surface area contributed by atoms with Gasteiger partial charge in [-0.2, -0.15) is 0 Å². The fourth-order valence-corrected chi connectivity index (χ4v) is 3.06. The van der Waals surface area contributed by atoms with Crippen molar-refractivity contribution in [1.82, 2.24) is 5.43 Å². The molecule has 1 aromatic rings. The number of hydrogen-bond donors (Lipinski definition) is 2. The number of methoxy groups -OCH3 is 1. The Morgan fingerprint density at radius 2 is 1.95 bits per heavy atom. The Hall–Kier alpha value is -0.580. The van der Waals surface area contributed by atoms with Crippen molar-refractivity contribution in [3.8, 4) is 5.75 Å². The zero-order chi connectivity index (χ0) is 14.4. The van der Waals surface area contributed by atoms with Gasteiger partial charge >= 0.3 is 0 Å². The predicted octanol–water partition coefficient (Wildman–Crippen LogP) is 4.03. The van der Waals surface area contributed by atoms with E-state index in [1.165, 1.54) is 12.0 Å². The van der Waals surface area contributed by atoms with Crippen molar-refractivity contribution in [1.29, 1.82) is 0 Å². The van der Waals surface area contributed by atoms with E-state index in [4.69, 9.17) is 10.6 Å². The molecule has 0 spiro atoms. The summed E-state index contributed by atoms with van der Waals surface area (Å²) in [4.78, 5) is 0. The number of halogens is 1. The second-order valence-electron chi connectivity index (χ2n) is 5.58. The third kappa shape index (κ3) is 5.13. The quantitative estimate of drug-likeness (QED) is 0.586. The molecule has 0 radical (unpaired) electrons. The Morgan fingerprint density at radius 1 is 1.26 bits per heavy atom. The van der Waals surface area contributed by atoms with Gasteiger partial charge in [-0.05, 0) is 58.3 Å². The van der Waals surface area contributed by atoms with Gasteiger partial charge in [0.2, 0.25) is 0 Å². The van der Waals surface area contributed by atoms with Crippen LogP contribution >= 0.6 is 15.9 Å². The fourth-order valence-electron chi connectivity index (χ4n) is 2.50. The molecule has 2 unspecified atom stereocenters. The number of hydrazine groups is 1. The van der Waals surface area contributed by atoms with Gasteiger partial charge < -0.3 is 4.74 Å². The van der Waals surface area contributed by atoms with Gasteiger partial charge in [0.05, 0.1) is 11.6 Å². The summed E-state index contributed by atoms with van der Waals surface area (Å²) in [6.07, 6.45) is 2.25. The molecule has 0 saturated carbocycles. The number of rotatable bonds is 7. The summed E-state index contributed by atoms with van der Waals surface area (Å²) < 4.78 is 6.21. The first-order valence-corrected chi connectivity index (χ1v) is 7.56. The number of ether oxygens (including phenoxy) is 1. The predicted molar refractivity (Wildman–Crippen MR) is 84.0 cm³/mol. The molecular weight excluding hydrogens is 304 g/mol. The van der Waals surface area contributed by atoms with Gasteiger partial charge in [0.25, 0.3) is 0 Å². The third-order valence-electron chi connectivity index (χ3n) is 3.29. The summed E-state index contributed by atoms with van der Waals surface area (Å²) in [5.74, 6) is 7.91. The normalized spacial score (nSPS) is 14.5. The minimum atomic E-state index is 0.177. The highest BCUT2D eigenvalue weighted by molar-refractivity contribution is 9.10. The second kappa shape index (κ2) is 7.88. The van der Waals surface area contributed by atoms with E-state index in [1.54, 1.807) is 7.11 Å². The van der Waals surface area contributed by atoms with Gasteiger partial charge in [0.1, 0.15) is 5.75 Å². The molecule has 2 atom stereocenters. The molecule has 4 heteroatoms. The molecule has 0 aromatic heterocycles. The van der Waals surface area contributed by atoms with Crippen LogP contribution in [-0.4, -0.2) is 7.11 Å². The maximum absolute atomic E-state index is 5.71. The molecule has 0 aliphatic rings. The van der Waals surface area contributed by atoms with Crippen LogP contribution in [0, 0.1) is 11.8 Å². The van der Waals surface area contributed by atoms with Gasteiger partial charge in [-0.1, -0.05) is 26.8 Å². The van der Waals surface area contributed by atoms with Crippen LogP contribution in [0.5, 0.6) is 5.75 Å². The molecule has 1 aromatic carbocycles. The summed E-state index contributed by atoms with van der Waals surface area (Å²) in [5.41, 5.74) is 4.11. The van der Waals surface area contributed by atoms with Crippen LogP contribution in [0.4, 0.5) is 0 Å². The van der Waals surface area contributed by atoms with Crippen LogP contribution in [0.1, 0.15) is 45.2 Å². The lowest BCUT2D eigenvalue weighted by Gasteiger charge is -2.22. The average molecular weight is 329 g/mol.